The highest BCUT2D eigenvalue weighted by molar-refractivity contribution is 5.98. The van der Waals surface area contributed by atoms with Crippen LogP contribution >= 0.6 is 0 Å². The van der Waals surface area contributed by atoms with Crippen molar-refractivity contribution < 1.29 is 9.59 Å². The first-order valence-corrected chi connectivity index (χ1v) is 12.0. The van der Waals surface area contributed by atoms with E-state index in [1.54, 1.807) is 0 Å². The van der Waals surface area contributed by atoms with Crippen molar-refractivity contribution >= 4 is 17.5 Å². The molecule has 5 rings (SSSR count). The molecule has 0 radical (unpaired) electrons. The van der Waals surface area contributed by atoms with Crippen LogP contribution in [0, 0.1) is 12.8 Å². The number of hydrogen-bond donors (Lipinski definition) is 1. The van der Waals surface area contributed by atoms with Crippen molar-refractivity contribution in [3.8, 4) is 0 Å². The Morgan fingerprint density at radius 1 is 0.879 bits per heavy atom. The maximum absolute atomic E-state index is 13.7. The standard InChI is InChI=1S/C29H30N2O2/c1-20-9-5-6-14-25(20)29(33)31-18-8-15-26(27(31)22-10-3-2-4-11-22)28(32)30-24-17-16-21-12-7-13-23(21)19-24/h2-6,9-11,14,16-17,19,26-27H,7-8,12-13,15,18H2,1H3,(H,30,32)/t26?,27-/m0/s1. The first-order valence-electron chi connectivity index (χ1n) is 12.0. The minimum Gasteiger partial charge on any atom is -0.331 e. The zero-order valence-corrected chi connectivity index (χ0v) is 19.1. The maximum atomic E-state index is 13.7. The van der Waals surface area contributed by atoms with E-state index in [0.29, 0.717) is 12.1 Å². The Balaban J connectivity index is 1.46. The van der Waals surface area contributed by atoms with Crippen molar-refractivity contribution in [1.29, 1.82) is 0 Å². The molecule has 0 spiro atoms. The molecule has 3 aromatic carbocycles. The molecule has 33 heavy (non-hydrogen) atoms. The number of anilines is 1. The predicted molar refractivity (Wildman–Crippen MR) is 131 cm³/mol. The van der Waals surface area contributed by atoms with Gasteiger partial charge in [0.05, 0.1) is 12.0 Å². The van der Waals surface area contributed by atoms with Crippen LogP contribution in [0.2, 0.25) is 0 Å². The van der Waals surface area contributed by atoms with Gasteiger partial charge in [-0.15, -0.1) is 0 Å². The van der Waals surface area contributed by atoms with E-state index in [-0.39, 0.29) is 23.8 Å². The number of carbonyl (C=O) groups is 2. The number of nitrogens with one attached hydrogen (secondary N) is 1. The van der Waals surface area contributed by atoms with Crippen molar-refractivity contribution in [2.45, 2.75) is 45.1 Å². The van der Waals surface area contributed by atoms with E-state index in [1.165, 1.54) is 17.5 Å². The summed E-state index contributed by atoms with van der Waals surface area (Å²) >= 11 is 0. The number of amides is 2. The summed E-state index contributed by atoms with van der Waals surface area (Å²) < 4.78 is 0. The summed E-state index contributed by atoms with van der Waals surface area (Å²) in [5.41, 5.74) is 6.26. The lowest BCUT2D eigenvalue weighted by Gasteiger charge is -2.41. The summed E-state index contributed by atoms with van der Waals surface area (Å²) in [6.07, 6.45) is 4.95. The molecule has 1 N–H and O–H groups in total. The average Bonchev–Trinajstić information content (AvgIpc) is 3.32. The molecule has 3 aromatic rings. The number of piperidine rings is 1. The average molecular weight is 439 g/mol. The van der Waals surface area contributed by atoms with Crippen molar-refractivity contribution in [1.82, 2.24) is 4.90 Å². The quantitative estimate of drug-likeness (QED) is 0.567. The van der Waals surface area contributed by atoms with E-state index >= 15 is 0 Å². The lowest BCUT2D eigenvalue weighted by atomic mass is 9.83. The highest BCUT2D eigenvalue weighted by Gasteiger charge is 2.39. The van der Waals surface area contributed by atoms with E-state index in [2.05, 4.69) is 17.4 Å². The molecule has 4 nitrogen and oxygen atoms in total. The molecule has 0 saturated carbocycles. The number of carbonyl (C=O) groups excluding carboxylic acids is 2. The lowest BCUT2D eigenvalue weighted by Crippen LogP contribution is -2.46. The summed E-state index contributed by atoms with van der Waals surface area (Å²) in [5, 5.41) is 3.17. The molecule has 4 heteroatoms. The van der Waals surface area contributed by atoms with Crippen LogP contribution in [0.15, 0.2) is 72.8 Å². The van der Waals surface area contributed by atoms with Gasteiger partial charge in [0.25, 0.3) is 5.91 Å². The van der Waals surface area contributed by atoms with Crippen molar-refractivity contribution in [3.63, 3.8) is 0 Å². The third-order valence-corrected chi connectivity index (χ3v) is 7.11. The van der Waals surface area contributed by atoms with Crippen LogP contribution in [0.25, 0.3) is 0 Å². The minimum atomic E-state index is -0.303. The zero-order valence-electron chi connectivity index (χ0n) is 19.1. The van der Waals surface area contributed by atoms with Crippen LogP contribution in [0.1, 0.15) is 57.9 Å². The summed E-state index contributed by atoms with van der Waals surface area (Å²) in [6.45, 7) is 2.61. The number of aryl methyl sites for hydroxylation is 3. The molecule has 1 unspecified atom stereocenters. The highest BCUT2D eigenvalue weighted by Crippen LogP contribution is 2.38. The predicted octanol–water partition coefficient (Wildman–Crippen LogP) is 5.72. The van der Waals surface area contributed by atoms with E-state index in [9.17, 15) is 9.59 Å². The molecule has 0 aromatic heterocycles. The van der Waals surface area contributed by atoms with Gasteiger partial charge in [0.1, 0.15) is 0 Å². The number of benzene rings is 3. The second kappa shape index (κ2) is 9.22. The minimum absolute atomic E-state index is 0.00279. The van der Waals surface area contributed by atoms with Gasteiger partial charge in [0, 0.05) is 17.8 Å². The number of fused-ring (bicyclic) bond motifs is 1. The van der Waals surface area contributed by atoms with Crippen molar-refractivity contribution in [2.75, 3.05) is 11.9 Å². The van der Waals surface area contributed by atoms with Gasteiger partial charge in [0.15, 0.2) is 0 Å². The van der Waals surface area contributed by atoms with Crippen molar-refractivity contribution in [3.05, 3.63) is 101 Å². The van der Waals surface area contributed by atoms with Gasteiger partial charge in [-0.2, -0.15) is 0 Å². The van der Waals surface area contributed by atoms with Crippen LogP contribution in [0.4, 0.5) is 5.69 Å². The normalized spacial score (nSPS) is 19.7. The largest absolute Gasteiger partial charge is 0.331 e. The van der Waals surface area contributed by atoms with Gasteiger partial charge in [0.2, 0.25) is 5.91 Å². The Labute approximate surface area is 195 Å². The summed E-state index contributed by atoms with van der Waals surface area (Å²) in [5.74, 6) is -0.316. The molecular weight excluding hydrogens is 408 g/mol. The Hall–Kier alpha value is -3.40. The smallest absolute Gasteiger partial charge is 0.254 e. The topological polar surface area (TPSA) is 49.4 Å². The Bertz CT molecular complexity index is 1170. The monoisotopic (exact) mass is 438 g/mol. The van der Waals surface area contributed by atoms with E-state index < -0.39 is 0 Å². The third kappa shape index (κ3) is 4.30. The Morgan fingerprint density at radius 3 is 2.45 bits per heavy atom. The van der Waals surface area contributed by atoms with Gasteiger partial charge in [-0.1, -0.05) is 54.6 Å². The molecule has 1 saturated heterocycles. The second-order valence-corrected chi connectivity index (χ2v) is 9.24. The fraction of sp³-hybridized carbons (Fsp3) is 0.310. The molecule has 1 aliphatic heterocycles. The van der Waals surface area contributed by atoms with E-state index in [4.69, 9.17) is 0 Å². The molecule has 1 fully saturated rings. The van der Waals surface area contributed by atoms with Gasteiger partial charge >= 0.3 is 0 Å². The Kier molecular flexibility index (Phi) is 5.99. The van der Waals surface area contributed by atoms with Gasteiger partial charge in [-0.25, -0.2) is 0 Å². The zero-order chi connectivity index (χ0) is 22.8. The SMILES string of the molecule is Cc1ccccc1C(=O)N1CCCC(C(=O)Nc2ccc3c(c2)CCC3)[C@@H]1c1ccccc1. The third-order valence-electron chi connectivity index (χ3n) is 7.11. The molecule has 1 heterocycles. The lowest BCUT2D eigenvalue weighted by molar-refractivity contribution is -0.123. The number of likely N-dealkylation sites (tertiary alicyclic amines) is 1. The molecule has 2 amide bonds. The summed E-state index contributed by atoms with van der Waals surface area (Å²) in [6, 6.07) is 23.7. The first-order chi connectivity index (χ1) is 16.1. The van der Waals surface area contributed by atoms with Gasteiger partial charge < -0.3 is 10.2 Å². The van der Waals surface area contributed by atoms with Gasteiger partial charge in [-0.05, 0) is 79.5 Å². The summed E-state index contributed by atoms with van der Waals surface area (Å²) in [7, 11) is 0. The van der Waals surface area contributed by atoms with Crippen LogP contribution in [-0.4, -0.2) is 23.3 Å². The fourth-order valence-corrected chi connectivity index (χ4v) is 5.41. The van der Waals surface area contributed by atoms with Crippen LogP contribution in [-0.2, 0) is 17.6 Å². The van der Waals surface area contributed by atoms with E-state index in [1.807, 2.05) is 72.5 Å². The van der Waals surface area contributed by atoms with Crippen molar-refractivity contribution in [2.24, 2.45) is 5.92 Å². The second-order valence-electron chi connectivity index (χ2n) is 9.24. The van der Waals surface area contributed by atoms with Crippen LogP contribution < -0.4 is 5.32 Å². The molecule has 168 valence electrons. The van der Waals surface area contributed by atoms with Gasteiger partial charge in [-0.3, -0.25) is 9.59 Å². The maximum Gasteiger partial charge on any atom is 0.254 e. The number of rotatable bonds is 4. The molecular formula is C29H30N2O2. The van der Waals surface area contributed by atoms with Crippen LogP contribution in [0.3, 0.4) is 0 Å². The molecule has 2 aliphatic rings. The van der Waals surface area contributed by atoms with E-state index in [0.717, 1.165) is 42.5 Å². The molecule has 1 aliphatic carbocycles. The summed E-state index contributed by atoms with van der Waals surface area (Å²) in [4.78, 5) is 29.1. The number of nitrogens with zero attached hydrogens (tertiary/aromatic N) is 1. The Morgan fingerprint density at radius 2 is 1.64 bits per heavy atom. The number of hydrogen-bond acceptors (Lipinski definition) is 2. The molecule has 0 bridgehead atoms. The first kappa shape index (κ1) is 21.4. The fourth-order valence-electron chi connectivity index (χ4n) is 5.41. The highest BCUT2D eigenvalue weighted by atomic mass is 16.2. The molecule has 2 atom stereocenters. The van der Waals surface area contributed by atoms with Crippen LogP contribution in [0.5, 0.6) is 0 Å².